The van der Waals surface area contributed by atoms with Crippen molar-refractivity contribution in [1.82, 2.24) is 0 Å². The fourth-order valence-electron chi connectivity index (χ4n) is 2.30. The van der Waals surface area contributed by atoms with Crippen LogP contribution in [0.25, 0.3) is 12.2 Å². The van der Waals surface area contributed by atoms with Crippen molar-refractivity contribution in [3.8, 4) is 28.7 Å². The second-order valence-electron chi connectivity index (χ2n) is 4.90. The first kappa shape index (κ1) is 19.5. The van der Waals surface area contributed by atoms with Crippen molar-refractivity contribution in [3.05, 3.63) is 38.3 Å². The van der Waals surface area contributed by atoms with Crippen LogP contribution in [-0.2, 0) is 0 Å². The molecule has 0 radical (unpaired) electrons. The summed E-state index contributed by atoms with van der Waals surface area (Å²) >= 11 is 6.91. The first-order chi connectivity index (χ1) is 12.0. The molecular formula is C18H18Br2O5. The quantitative estimate of drug-likeness (QED) is 0.590. The minimum Gasteiger partial charge on any atom is -0.503 e. The van der Waals surface area contributed by atoms with Gasteiger partial charge in [-0.1, -0.05) is 12.2 Å². The summed E-state index contributed by atoms with van der Waals surface area (Å²) in [6.07, 6.45) is 3.73. The maximum Gasteiger partial charge on any atom is 0.204 e. The zero-order valence-corrected chi connectivity index (χ0v) is 17.4. The van der Waals surface area contributed by atoms with Crippen LogP contribution in [0, 0.1) is 0 Å². The Bertz CT molecular complexity index is 803. The summed E-state index contributed by atoms with van der Waals surface area (Å²) in [7, 11) is 6.19. The van der Waals surface area contributed by atoms with Gasteiger partial charge < -0.3 is 24.1 Å². The van der Waals surface area contributed by atoms with Gasteiger partial charge in [-0.3, -0.25) is 0 Å². The molecule has 0 unspecified atom stereocenters. The SMILES string of the molecule is COc1ccc(/C=C\c2cc(OC)c(OC)c(OC)c2Br)c(Br)c1O. The Morgan fingerprint density at radius 1 is 0.760 bits per heavy atom. The predicted molar refractivity (Wildman–Crippen MR) is 105 cm³/mol. The van der Waals surface area contributed by atoms with E-state index >= 15 is 0 Å². The molecule has 0 spiro atoms. The van der Waals surface area contributed by atoms with Crippen molar-refractivity contribution in [3.63, 3.8) is 0 Å². The summed E-state index contributed by atoms with van der Waals surface area (Å²) < 4.78 is 22.5. The van der Waals surface area contributed by atoms with Gasteiger partial charge in [-0.25, -0.2) is 0 Å². The molecule has 1 N–H and O–H groups in total. The lowest BCUT2D eigenvalue weighted by Gasteiger charge is -2.15. The highest BCUT2D eigenvalue weighted by Gasteiger charge is 2.18. The average Bonchev–Trinajstić information content (AvgIpc) is 2.63. The molecule has 134 valence electrons. The largest absolute Gasteiger partial charge is 0.503 e. The van der Waals surface area contributed by atoms with Gasteiger partial charge in [0.05, 0.1) is 37.4 Å². The minimum absolute atomic E-state index is 0.0496. The number of halogens is 2. The van der Waals surface area contributed by atoms with Gasteiger partial charge in [-0.05, 0) is 61.2 Å². The van der Waals surface area contributed by atoms with Crippen LogP contribution in [0.15, 0.2) is 27.1 Å². The van der Waals surface area contributed by atoms with E-state index in [1.54, 1.807) is 27.4 Å². The molecule has 0 saturated carbocycles. The van der Waals surface area contributed by atoms with Crippen LogP contribution in [0.4, 0.5) is 0 Å². The van der Waals surface area contributed by atoms with Gasteiger partial charge in [0.1, 0.15) is 0 Å². The van der Waals surface area contributed by atoms with Gasteiger partial charge in [0.2, 0.25) is 5.75 Å². The van der Waals surface area contributed by atoms with Crippen molar-refractivity contribution in [2.75, 3.05) is 28.4 Å². The molecule has 2 aromatic carbocycles. The third kappa shape index (κ3) is 3.88. The van der Waals surface area contributed by atoms with E-state index < -0.39 is 0 Å². The van der Waals surface area contributed by atoms with Gasteiger partial charge in [-0.2, -0.15) is 0 Å². The summed E-state index contributed by atoms with van der Waals surface area (Å²) in [6, 6.07) is 5.37. The molecular weight excluding hydrogens is 456 g/mol. The number of aromatic hydroxyl groups is 1. The van der Waals surface area contributed by atoms with Crippen molar-refractivity contribution >= 4 is 44.0 Å². The Morgan fingerprint density at radius 2 is 1.36 bits per heavy atom. The monoisotopic (exact) mass is 472 g/mol. The first-order valence-electron chi connectivity index (χ1n) is 7.20. The first-order valence-corrected chi connectivity index (χ1v) is 8.79. The fraction of sp³-hybridized carbons (Fsp3) is 0.222. The average molecular weight is 474 g/mol. The Labute approximate surface area is 163 Å². The standard InChI is InChI=1S/C18H18Br2O5/c1-22-12-8-7-10(14(19)16(12)21)5-6-11-9-13(23-2)17(24-3)18(25-4)15(11)20/h5-9,21H,1-4H3/b6-5-. The molecule has 2 rings (SSSR count). The normalized spacial score (nSPS) is 10.8. The van der Waals surface area contributed by atoms with E-state index in [1.807, 2.05) is 24.3 Å². The zero-order valence-electron chi connectivity index (χ0n) is 14.2. The highest BCUT2D eigenvalue weighted by molar-refractivity contribution is 9.11. The Morgan fingerprint density at radius 3 is 1.92 bits per heavy atom. The second-order valence-corrected chi connectivity index (χ2v) is 6.49. The van der Waals surface area contributed by atoms with Crippen molar-refractivity contribution in [2.45, 2.75) is 0 Å². The van der Waals surface area contributed by atoms with Gasteiger partial charge in [-0.15, -0.1) is 0 Å². The zero-order chi connectivity index (χ0) is 18.6. The molecule has 0 amide bonds. The smallest absolute Gasteiger partial charge is 0.204 e. The topological polar surface area (TPSA) is 57.2 Å². The third-order valence-electron chi connectivity index (χ3n) is 3.57. The summed E-state index contributed by atoms with van der Waals surface area (Å²) in [4.78, 5) is 0. The summed E-state index contributed by atoms with van der Waals surface area (Å²) in [5.41, 5.74) is 1.62. The molecule has 0 aliphatic rings. The summed E-state index contributed by atoms with van der Waals surface area (Å²) in [6.45, 7) is 0. The Balaban J connectivity index is 2.50. The molecule has 0 saturated heterocycles. The van der Waals surface area contributed by atoms with Crippen LogP contribution in [0.1, 0.15) is 11.1 Å². The molecule has 0 fully saturated rings. The number of rotatable bonds is 6. The van der Waals surface area contributed by atoms with E-state index in [1.165, 1.54) is 7.11 Å². The highest BCUT2D eigenvalue weighted by atomic mass is 79.9. The van der Waals surface area contributed by atoms with Crippen LogP contribution >= 0.6 is 31.9 Å². The molecule has 0 bridgehead atoms. The third-order valence-corrected chi connectivity index (χ3v) is 5.22. The molecule has 0 heterocycles. The van der Waals surface area contributed by atoms with Crippen LogP contribution < -0.4 is 18.9 Å². The fourth-order valence-corrected chi connectivity index (χ4v) is 3.35. The Kier molecular flexibility index (Phi) is 6.61. The minimum atomic E-state index is 0.0496. The molecule has 5 nitrogen and oxygen atoms in total. The van der Waals surface area contributed by atoms with E-state index in [-0.39, 0.29) is 5.75 Å². The van der Waals surface area contributed by atoms with Crippen LogP contribution in [0.3, 0.4) is 0 Å². The van der Waals surface area contributed by atoms with E-state index in [0.717, 1.165) is 15.6 Å². The van der Waals surface area contributed by atoms with Crippen molar-refractivity contribution in [2.24, 2.45) is 0 Å². The number of ether oxygens (including phenoxy) is 4. The van der Waals surface area contributed by atoms with E-state index in [2.05, 4.69) is 31.9 Å². The molecule has 0 atom stereocenters. The number of hydrogen-bond donors (Lipinski definition) is 1. The van der Waals surface area contributed by atoms with Crippen LogP contribution in [0.5, 0.6) is 28.7 Å². The Hall–Kier alpha value is -1.86. The van der Waals surface area contributed by atoms with Gasteiger partial charge in [0.25, 0.3) is 0 Å². The molecule has 0 aliphatic carbocycles. The second kappa shape index (κ2) is 8.49. The van der Waals surface area contributed by atoms with Crippen molar-refractivity contribution in [1.29, 1.82) is 0 Å². The maximum atomic E-state index is 10.1. The van der Waals surface area contributed by atoms with E-state index in [9.17, 15) is 5.11 Å². The lowest BCUT2D eigenvalue weighted by atomic mass is 10.1. The lowest BCUT2D eigenvalue weighted by Crippen LogP contribution is -1.97. The van der Waals surface area contributed by atoms with Gasteiger partial charge >= 0.3 is 0 Å². The molecule has 7 heteroatoms. The van der Waals surface area contributed by atoms with Crippen LogP contribution in [0.2, 0.25) is 0 Å². The lowest BCUT2D eigenvalue weighted by molar-refractivity contribution is 0.323. The highest BCUT2D eigenvalue weighted by Crippen LogP contribution is 2.45. The number of benzene rings is 2. The number of hydrogen-bond acceptors (Lipinski definition) is 5. The molecule has 2 aromatic rings. The van der Waals surface area contributed by atoms with E-state index in [4.69, 9.17) is 18.9 Å². The molecule has 0 aromatic heterocycles. The van der Waals surface area contributed by atoms with Crippen LogP contribution in [-0.4, -0.2) is 33.5 Å². The molecule has 0 aliphatic heterocycles. The number of phenolic OH excluding ortho intramolecular Hbond substituents is 1. The number of methoxy groups -OCH3 is 4. The van der Waals surface area contributed by atoms with Gasteiger partial charge in [0, 0.05) is 0 Å². The molecule has 25 heavy (non-hydrogen) atoms. The predicted octanol–water partition coefficient (Wildman–Crippen LogP) is 5.12. The number of phenols is 1. The van der Waals surface area contributed by atoms with E-state index in [0.29, 0.717) is 27.5 Å². The summed E-state index contributed by atoms with van der Waals surface area (Å²) in [5.74, 6) is 2.06. The van der Waals surface area contributed by atoms with Gasteiger partial charge in [0.15, 0.2) is 23.0 Å². The summed E-state index contributed by atoms with van der Waals surface area (Å²) in [5, 5.41) is 10.1. The maximum absolute atomic E-state index is 10.1. The van der Waals surface area contributed by atoms with Crippen molar-refractivity contribution < 1.29 is 24.1 Å².